The maximum absolute atomic E-state index is 12.8. The van der Waals surface area contributed by atoms with E-state index in [0.29, 0.717) is 24.3 Å². The minimum atomic E-state index is -3.13. The quantitative estimate of drug-likeness (QED) is 0.645. The maximum Gasteiger partial charge on any atom is 0.361 e. The van der Waals surface area contributed by atoms with Crippen molar-refractivity contribution in [1.82, 2.24) is 19.9 Å². The third-order valence-corrected chi connectivity index (χ3v) is 6.62. The molecule has 1 aliphatic heterocycles. The van der Waals surface area contributed by atoms with Crippen LogP contribution in [0.4, 0.5) is 0 Å². The maximum atomic E-state index is 12.8. The lowest BCUT2D eigenvalue weighted by Gasteiger charge is -2.29. The summed E-state index contributed by atoms with van der Waals surface area (Å²) in [6.07, 6.45) is -0.667. The molecule has 2 heterocycles. The number of hydrogen-bond donors (Lipinski definition) is 0. The molecule has 156 valence electrons. The number of esters is 1. The molecule has 0 N–H and O–H groups in total. The highest BCUT2D eigenvalue weighted by Gasteiger charge is 2.36. The molecule has 3 rings (SSSR count). The molecule has 1 aliphatic rings. The molecule has 0 bridgehead atoms. The van der Waals surface area contributed by atoms with Gasteiger partial charge in [-0.3, -0.25) is 4.79 Å². The summed E-state index contributed by atoms with van der Waals surface area (Å²) in [6.45, 7) is 5.22. The van der Waals surface area contributed by atoms with Gasteiger partial charge in [-0.1, -0.05) is 18.2 Å². The first kappa shape index (κ1) is 21.0. The number of carbonyl (C=O) groups is 2. The molecule has 2 atom stereocenters. The van der Waals surface area contributed by atoms with Crippen LogP contribution in [-0.2, 0) is 19.4 Å². The molecule has 0 spiro atoms. The van der Waals surface area contributed by atoms with Crippen LogP contribution in [0, 0.1) is 6.92 Å². The third kappa shape index (κ3) is 4.64. The van der Waals surface area contributed by atoms with Crippen LogP contribution in [0.3, 0.4) is 0 Å². The minimum Gasteiger partial charge on any atom is -0.448 e. The first-order chi connectivity index (χ1) is 13.7. The number of para-hydroxylation sites is 1. The monoisotopic (exact) mass is 420 g/mol. The zero-order valence-electron chi connectivity index (χ0n) is 16.6. The van der Waals surface area contributed by atoms with Crippen LogP contribution in [0.5, 0.6) is 0 Å². The minimum absolute atomic E-state index is 0.0278. The Kier molecular flexibility index (Phi) is 6.02. The second-order valence-electron chi connectivity index (χ2n) is 6.99. The van der Waals surface area contributed by atoms with E-state index < -0.39 is 27.8 Å². The Labute approximate surface area is 169 Å². The average molecular weight is 420 g/mol. The number of sulfone groups is 1. The van der Waals surface area contributed by atoms with Crippen molar-refractivity contribution in [3.8, 4) is 5.69 Å². The number of likely N-dealkylation sites (N-methyl/N-ethyl adjacent to an activating group) is 1. The molecule has 1 saturated heterocycles. The molecule has 1 fully saturated rings. The molecular weight excluding hydrogens is 396 g/mol. The van der Waals surface area contributed by atoms with E-state index in [4.69, 9.17) is 4.74 Å². The van der Waals surface area contributed by atoms with Crippen LogP contribution in [0.2, 0.25) is 0 Å². The predicted molar refractivity (Wildman–Crippen MR) is 105 cm³/mol. The summed E-state index contributed by atoms with van der Waals surface area (Å²) in [6, 6.07) is 8.73. The van der Waals surface area contributed by atoms with Gasteiger partial charge in [-0.15, -0.1) is 5.10 Å². The Morgan fingerprint density at radius 1 is 1.28 bits per heavy atom. The fourth-order valence-electron chi connectivity index (χ4n) is 3.36. The summed E-state index contributed by atoms with van der Waals surface area (Å²) in [4.78, 5) is 28.1. The fourth-order valence-corrected chi connectivity index (χ4v) is 5.09. The number of hydrogen-bond acceptors (Lipinski definition) is 7. The van der Waals surface area contributed by atoms with E-state index in [-0.39, 0.29) is 23.2 Å². The summed E-state index contributed by atoms with van der Waals surface area (Å²) >= 11 is 0. The van der Waals surface area contributed by atoms with Crippen LogP contribution < -0.4 is 0 Å². The molecule has 10 heteroatoms. The Bertz CT molecular complexity index is 1000. The summed E-state index contributed by atoms with van der Waals surface area (Å²) < 4.78 is 28.8. The highest BCUT2D eigenvalue weighted by Crippen LogP contribution is 2.19. The molecule has 0 saturated carbocycles. The molecule has 1 amide bonds. The van der Waals surface area contributed by atoms with E-state index >= 15 is 0 Å². The van der Waals surface area contributed by atoms with Crippen molar-refractivity contribution in [2.24, 2.45) is 0 Å². The Morgan fingerprint density at radius 3 is 2.55 bits per heavy atom. The van der Waals surface area contributed by atoms with Crippen LogP contribution >= 0.6 is 0 Å². The number of aromatic nitrogens is 3. The zero-order chi connectivity index (χ0) is 21.2. The molecule has 1 aromatic carbocycles. The van der Waals surface area contributed by atoms with E-state index in [1.54, 1.807) is 26.0 Å². The van der Waals surface area contributed by atoms with E-state index in [0.717, 1.165) is 0 Å². The van der Waals surface area contributed by atoms with Gasteiger partial charge in [0, 0.05) is 12.6 Å². The first-order valence-electron chi connectivity index (χ1n) is 9.43. The van der Waals surface area contributed by atoms with Gasteiger partial charge in [-0.05, 0) is 39.3 Å². The number of ether oxygens (including phenoxy) is 1. The second kappa shape index (κ2) is 8.32. The van der Waals surface area contributed by atoms with Crippen molar-refractivity contribution in [1.29, 1.82) is 0 Å². The Hall–Kier alpha value is -2.75. The van der Waals surface area contributed by atoms with Gasteiger partial charge in [0.05, 0.1) is 22.9 Å². The lowest BCUT2D eigenvalue weighted by molar-refractivity contribution is -0.141. The largest absolute Gasteiger partial charge is 0.448 e. The molecule has 29 heavy (non-hydrogen) atoms. The lowest BCUT2D eigenvalue weighted by atomic mass is 10.2. The van der Waals surface area contributed by atoms with Crippen LogP contribution in [0.1, 0.15) is 36.5 Å². The van der Waals surface area contributed by atoms with Gasteiger partial charge in [0.1, 0.15) is 0 Å². The van der Waals surface area contributed by atoms with Gasteiger partial charge < -0.3 is 9.64 Å². The summed E-state index contributed by atoms with van der Waals surface area (Å²) in [5.41, 5.74) is 1.10. The van der Waals surface area contributed by atoms with Gasteiger partial charge in [0.15, 0.2) is 21.6 Å². The van der Waals surface area contributed by atoms with Crippen LogP contribution in [-0.4, -0.2) is 70.4 Å². The number of amides is 1. The third-order valence-electron chi connectivity index (χ3n) is 4.87. The summed E-state index contributed by atoms with van der Waals surface area (Å²) in [7, 11) is -3.13. The van der Waals surface area contributed by atoms with Crippen molar-refractivity contribution < 1.29 is 22.7 Å². The van der Waals surface area contributed by atoms with Crippen molar-refractivity contribution in [2.45, 2.75) is 39.3 Å². The average Bonchev–Trinajstić information content (AvgIpc) is 3.25. The van der Waals surface area contributed by atoms with Gasteiger partial charge in [-0.25, -0.2) is 13.2 Å². The van der Waals surface area contributed by atoms with Gasteiger partial charge >= 0.3 is 5.97 Å². The molecule has 0 aliphatic carbocycles. The van der Waals surface area contributed by atoms with E-state index in [2.05, 4.69) is 10.2 Å². The van der Waals surface area contributed by atoms with Gasteiger partial charge in [0.2, 0.25) is 0 Å². The number of nitrogens with zero attached hydrogens (tertiary/aromatic N) is 4. The zero-order valence-corrected chi connectivity index (χ0v) is 17.4. The number of benzene rings is 1. The highest BCUT2D eigenvalue weighted by molar-refractivity contribution is 7.91. The van der Waals surface area contributed by atoms with Crippen molar-refractivity contribution in [3.05, 3.63) is 41.7 Å². The normalized spacial score (nSPS) is 18.9. The van der Waals surface area contributed by atoms with Crippen LogP contribution in [0.15, 0.2) is 30.3 Å². The summed E-state index contributed by atoms with van der Waals surface area (Å²) in [5.74, 6) is -1.16. The lowest BCUT2D eigenvalue weighted by Crippen LogP contribution is -2.46. The Balaban J connectivity index is 1.70. The topological polar surface area (TPSA) is 111 Å². The van der Waals surface area contributed by atoms with E-state index in [1.807, 2.05) is 18.2 Å². The van der Waals surface area contributed by atoms with Gasteiger partial charge in [0.25, 0.3) is 5.91 Å². The molecule has 0 radical (unpaired) electrons. The van der Waals surface area contributed by atoms with E-state index in [9.17, 15) is 18.0 Å². The molecule has 0 unspecified atom stereocenters. The smallest absolute Gasteiger partial charge is 0.361 e. The number of aryl methyl sites for hydroxylation is 1. The Morgan fingerprint density at radius 2 is 1.97 bits per heavy atom. The molecule has 2 aromatic rings. The van der Waals surface area contributed by atoms with Crippen LogP contribution in [0.25, 0.3) is 5.69 Å². The fraction of sp³-hybridized carbons (Fsp3) is 0.474. The van der Waals surface area contributed by atoms with Crippen molar-refractivity contribution in [3.63, 3.8) is 0 Å². The second-order valence-corrected chi connectivity index (χ2v) is 9.22. The standard InChI is InChI=1S/C19H24N4O5S/c1-4-22(16-10-11-29(26,27)12-16)18(24)14(3)28-19(25)17-13(2)20-23(21-17)15-8-6-5-7-9-15/h5-9,14,16H,4,10-12H2,1-3H3/t14-,16+/m1/s1. The van der Waals surface area contributed by atoms with E-state index in [1.165, 1.54) is 16.6 Å². The molecule has 9 nitrogen and oxygen atoms in total. The molecule has 1 aromatic heterocycles. The SMILES string of the molecule is CCN(C(=O)[C@@H](C)OC(=O)c1nn(-c2ccccc2)nc1C)[C@H]1CCS(=O)(=O)C1. The number of rotatable bonds is 6. The predicted octanol–water partition coefficient (Wildman–Crippen LogP) is 1.16. The molecular formula is C19H24N4O5S. The van der Waals surface area contributed by atoms with Crippen molar-refractivity contribution in [2.75, 3.05) is 18.1 Å². The van der Waals surface area contributed by atoms with Gasteiger partial charge in [-0.2, -0.15) is 9.90 Å². The first-order valence-corrected chi connectivity index (χ1v) is 11.2. The number of carbonyl (C=O) groups excluding carboxylic acids is 2. The highest BCUT2D eigenvalue weighted by atomic mass is 32.2. The summed E-state index contributed by atoms with van der Waals surface area (Å²) in [5, 5.41) is 8.41. The van der Waals surface area contributed by atoms with Crippen molar-refractivity contribution >= 4 is 21.7 Å².